The average Bonchev–Trinajstić information content (AvgIpc) is 2.16. The Hall–Kier alpha value is -0.900. The van der Waals surface area contributed by atoms with Gasteiger partial charge in [-0.1, -0.05) is 0 Å². The number of benzene rings is 1. The highest BCUT2D eigenvalue weighted by Gasteiger charge is 2.30. The Balaban J connectivity index is 2.75. The largest absolute Gasteiger partial charge is 0.488 e. The molecule has 0 unspecified atom stereocenters. The highest BCUT2D eigenvalue weighted by molar-refractivity contribution is 6.17. The third-order valence-electron chi connectivity index (χ3n) is 2.27. The lowest BCUT2D eigenvalue weighted by Gasteiger charge is -2.25. The van der Waals surface area contributed by atoms with E-state index in [2.05, 4.69) is 0 Å². The Morgan fingerprint density at radius 2 is 1.65 bits per heavy atom. The van der Waals surface area contributed by atoms with Crippen molar-refractivity contribution in [3.63, 3.8) is 0 Å². The number of hydrogen-bond acceptors (Lipinski definition) is 1. The molecule has 1 aromatic rings. The van der Waals surface area contributed by atoms with Gasteiger partial charge in [0.15, 0.2) is 0 Å². The van der Waals surface area contributed by atoms with Crippen LogP contribution in [0.2, 0.25) is 0 Å². The van der Waals surface area contributed by atoms with Crippen molar-refractivity contribution in [1.82, 2.24) is 0 Å². The summed E-state index contributed by atoms with van der Waals surface area (Å²) in [6.07, 6.45) is -3.69. The average molecular weight is 267 g/mol. The number of alkyl halides is 4. The molecule has 0 N–H and O–H groups in total. The third kappa shape index (κ3) is 4.46. The molecule has 5 heteroatoms. The van der Waals surface area contributed by atoms with E-state index >= 15 is 0 Å². The summed E-state index contributed by atoms with van der Waals surface area (Å²) in [6.45, 7) is 3.68. The lowest BCUT2D eigenvalue weighted by Crippen LogP contribution is -2.28. The van der Waals surface area contributed by atoms with Crippen LogP contribution in [0, 0.1) is 0 Å². The van der Waals surface area contributed by atoms with Crippen molar-refractivity contribution < 1.29 is 17.9 Å². The molecule has 0 saturated heterocycles. The Bertz CT molecular complexity index is 357. The summed E-state index contributed by atoms with van der Waals surface area (Å²) in [5, 5.41) is 0. The van der Waals surface area contributed by atoms with Crippen LogP contribution in [0.3, 0.4) is 0 Å². The molecule has 0 radical (unpaired) electrons. The van der Waals surface area contributed by atoms with Crippen LogP contribution >= 0.6 is 11.6 Å². The zero-order valence-corrected chi connectivity index (χ0v) is 10.4. The van der Waals surface area contributed by atoms with E-state index in [0.717, 1.165) is 12.1 Å². The Kier molecular flexibility index (Phi) is 4.31. The maximum atomic E-state index is 12.3. The summed E-state index contributed by atoms with van der Waals surface area (Å²) < 4.78 is 42.5. The number of rotatable bonds is 4. The summed E-state index contributed by atoms with van der Waals surface area (Å²) in [5.74, 6) is 0.848. The smallest absolute Gasteiger partial charge is 0.416 e. The molecule has 0 fully saturated rings. The van der Waals surface area contributed by atoms with Gasteiger partial charge in [0.1, 0.15) is 11.4 Å². The third-order valence-corrected chi connectivity index (χ3v) is 2.46. The van der Waals surface area contributed by atoms with Gasteiger partial charge in [0.05, 0.1) is 5.56 Å². The molecule has 1 rings (SSSR count). The maximum absolute atomic E-state index is 12.3. The van der Waals surface area contributed by atoms with Gasteiger partial charge in [0.25, 0.3) is 0 Å². The summed E-state index contributed by atoms with van der Waals surface area (Å²) in [6, 6.07) is 4.65. The molecule has 0 spiro atoms. The van der Waals surface area contributed by atoms with Crippen molar-refractivity contribution in [2.24, 2.45) is 0 Å². The van der Waals surface area contributed by atoms with Crippen LogP contribution in [-0.2, 0) is 6.18 Å². The van der Waals surface area contributed by atoms with E-state index in [1.54, 1.807) is 0 Å². The summed E-state index contributed by atoms with van der Waals surface area (Å²) in [5.41, 5.74) is -1.17. The van der Waals surface area contributed by atoms with Crippen LogP contribution in [0.4, 0.5) is 13.2 Å². The van der Waals surface area contributed by atoms with Gasteiger partial charge < -0.3 is 4.74 Å². The first-order chi connectivity index (χ1) is 7.74. The normalized spacial score (nSPS) is 12.6. The van der Waals surface area contributed by atoms with Crippen molar-refractivity contribution in [1.29, 1.82) is 0 Å². The maximum Gasteiger partial charge on any atom is 0.416 e. The van der Waals surface area contributed by atoms with Gasteiger partial charge in [0, 0.05) is 12.3 Å². The molecule has 17 heavy (non-hydrogen) atoms. The molecule has 0 atom stereocenters. The monoisotopic (exact) mass is 266 g/mol. The minimum Gasteiger partial charge on any atom is -0.488 e. The molecule has 0 aliphatic rings. The molecule has 0 aromatic heterocycles. The number of hydrogen-bond donors (Lipinski definition) is 0. The van der Waals surface area contributed by atoms with Gasteiger partial charge in [-0.2, -0.15) is 13.2 Å². The van der Waals surface area contributed by atoms with Crippen molar-refractivity contribution in [2.45, 2.75) is 32.0 Å². The van der Waals surface area contributed by atoms with Gasteiger partial charge in [-0.05, 0) is 38.1 Å². The van der Waals surface area contributed by atoms with E-state index in [1.165, 1.54) is 12.1 Å². The molecule has 0 bridgehead atoms. The molecule has 0 heterocycles. The minimum absolute atomic E-state index is 0.410. The summed E-state index contributed by atoms with van der Waals surface area (Å²) >= 11 is 5.61. The lowest BCUT2D eigenvalue weighted by atomic mass is 10.1. The highest BCUT2D eigenvalue weighted by atomic mass is 35.5. The summed E-state index contributed by atoms with van der Waals surface area (Å²) in [4.78, 5) is 0. The van der Waals surface area contributed by atoms with Crippen LogP contribution in [0.25, 0.3) is 0 Å². The van der Waals surface area contributed by atoms with E-state index in [1.807, 2.05) is 13.8 Å². The summed E-state index contributed by atoms with van der Waals surface area (Å²) in [7, 11) is 0. The molecule has 0 aliphatic heterocycles. The first kappa shape index (κ1) is 14.2. The molecule has 0 amide bonds. The topological polar surface area (TPSA) is 9.23 Å². The number of ether oxygens (including phenoxy) is 1. The first-order valence-corrected chi connectivity index (χ1v) is 5.70. The van der Waals surface area contributed by atoms with E-state index in [0.29, 0.717) is 18.1 Å². The molecular weight excluding hydrogens is 253 g/mol. The van der Waals surface area contributed by atoms with Gasteiger partial charge >= 0.3 is 6.18 Å². The Morgan fingerprint density at radius 1 is 1.12 bits per heavy atom. The van der Waals surface area contributed by atoms with Gasteiger partial charge in [-0.3, -0.25) is 0 Å². The fourth-order valence-corrected chi connectivity index (χ4v) is 1.76. The van der Waals surface area contributed by atoms with Crippen molar-refractivity contribution in [2.75, 3.05) is 5.88 Å². The molecule has 0 saturated carbocycles. The number of halogens is 4. The Morgan fingerprint density at radius 3 is 2.06 bits per heavy atom. The molecule has 96 valence electrons. The van der Waals surface area contributed by atoms with E-state index in [4.69, 9.17) is 16.3 Å². The Labute approximate surface area is 104 Å². The van der Waals surface area contributed by atoms with Gasteiger partial charge in [-0.25, -0.2) is 0 Å². The molecular formula is C12H14ClF3O. The van der Waals surface area contributed by atoms with Gasteiger partial charge in [-0.15, -0.1) is 11.6 Å². The van der Waals surface area contributed by atoms with E-state index < -0.39 is 17.3 Å². The molecule has 1 nitrogen and oxygen atoms in total. The van der Waals surface area contributed by atoms with Crippen LogP contribution in [0.15, 0.2) is 24.3 Å². The second-order valence-corrected chi connectivity index (χ2v) is 4.70. The SMILES string of the molecule is CC(C)(CCCl)Oc1ccc(C(F)(F)F)cc1. The second kappa shape index (κ2) is 5.17. The molecule has 1 aromatic carbocycles. The fraction of sp³-hybridized carbons (Fsp3) is 0.500. The standard InChI is InChI=1S/C12H14ClF3O/c1-11(2,7-8-13)17-10-5-3-9(4-6-10)12(14,15)16/h3-6H,7-8H2,1-2H3. The van der Waals surface area contributed by atoms with Crippen molar-refractivity contribution >= 4 is 11.6 Å². The van der Waals surface area contributed by atoms with E-state index in [9.17, 15) is 13.2 Å². The lowest BCUT2D eigenvalue weighted by molar-refractivity contribution is -0.137. The van der Waals surface area contributed by atoms with Crippen molar-refractivity contribution in [3.8, 4) is 5.75 Å². The van der Waals surface area contributed by atoms with E-state index in [-0.39, 0.29) is 0 Å². The minimum atomic E-state index is -4.32. The van der Waals surface area contributed by atoms with Crippen LogP contribution in [0.5, 0.6) is 5.75 Å². The first-order valence-electron chi connectivity index (χ1n) is 5.17. The predicted octanol–water partition coefficient (Wildman–Crippen LogP) is 4.49. The van der Waals surface area contributed by atoms with Gasteiger partial charge in [0.2, 0.25) is 0 Å². The quantitative estimate of drug-likeness (QED) is 0.730. The second-order valence-electron chi connectivity index (χ2n) is 4.32. The zero-order chi connectivity index (χ0) is 13.1. The fourth-order valence-electron chi connectivity index (χ4n) is 1.31. The molecule has 0 aliphatic carbocycles. The highest BCUT2D eigenvalue weighted by Crippen LogP contribution is 2.31. The van der Waals surface area contributed by atoms with Crippen LogP contribution in [0.1, 0.15) is 25.8 Å². The van der Waals surface area contributed by atoms with Crippen LogP contribution in [-0.4, -0.2) is 11.5 Å². The van der Waals surface area contributed by atoms with Crippen LogP contribution < -0.4 is 4.74 Å². The predicted molar refractivity (Wildman–Crippen MR) is 61.5 cm³/mol. The zero-order valence-electron chi connectivity index (χ0n) is 9.64. The van der Waals surface area contributed by atoms with Crippen molar-refractivity contribution in [3.05, 3.63) is 29.8 Å².